The zero-order chi connectivity index (χ0) is 11.5. The van der Waals surface area contributed by atoms with E-state index in [0.717, 1.165) is 19.5 Å². The molecule has 2 rings (SSSR count). The minimum absolute atomic E-state index is 0.0849. The Hall–Kier alpha value is -1.69. The van der Waals surface area contributed by atoms with Gasteiger partial charge in [-0.25, -0.2) is 14.8 Å². The third-order valence-electron chi connectivity index (χ3n) is 2.71. The topological polar surface area (TPSA) is 86.5 Å². The van der Waals surface area contributed by atoms with Crippen LogP contribution in [0, 0.1) is 5.92 Å². The summed E-state index contributed by atoms with van der Waals surface area (Å²) < 4.78 is 0. The highest BCUT2D eigenvalue weighted by Gasteiger charge is 2.23. The van der Waals surface area contributed by atoms with E-state index in [9.17, 15) is 4.79 Å². The molecule has 0 unspecified atom stereocenters. The maximum Gasteiger partial charge on any atom is 0.338 e. The molecule has 0 bridgehead atoms. The minimum Gasteiger partial charge on any atom is -0.478 e. The van der Waals surface area contributed by atoms with Gasteiger partial charge in [0.2, 0.25) is 5.95 Å². The molecule has 0 amide bonds. The van der Waals surface area contributed by atoms with E-state index >= 15 is 0 Å². The number of carboxylic acids is 1. The smallest absolute Gasteiger partial charge is 0.338 e. The molecule has 0 saturated carbocycles. The average Bonchev–Trinajstić information content (AvgIpc) is 2.77. The summed E-state index contributed by atoms with van der Waals surface area (Å²) in [6, 6.07) is 0. The number of aromatic carboxylic acids is 1. The van der Waals surface area contributed by atoms with Crippen LogP contribution in [0.3, 0.4) is 0 Å². The largest absolute Gasteiger partial charge is 0.478 e. The SMILES string of the molecule is O=C(O)c1cnc(N2CC[C@H](CO)C2)nc1. The first-order valence-electron chi connectivity index (χ1n) is 5.12. The minimum atomic E-state index is -1.03. The summed E-state index contributed by atoms with van der Waals surface area (Å²) in [6.07, 6.45) is 3.52. The van der Waals surface area contributed by atoms with Crippen molar-refractivity contribution in [3.05, 3.63) is 18.0 Å². The van der Waals surface area contributed by atoms with Gasteiger partial charge in [-0.05, 0) is 6.42 Å². The number of aliphatic hydroxyl groups excluding tert-OH is 1. The van der Waals surface area contributed by atoms with Crippen LogP contribution in [0.25, 0.3) is 0 Å². The van der Waals surface area contributed by atoms with Crippen LogP contribution in [0.1, 0.15) is 16.8 Å². The molecule has 2 N–H and O–H groups in total. The molecule has 16 heavy (non-hydrogen) atoms. The highest BCUT2D eigenvalue weighted by Crippen LogP contribution is 2.19. The van der Waals surface area contributed by atoms with E-state index in [1.807, 2.05) is 4.90 Å². The van der Waals surface area contributed by atoms with Gasteiger partial charge in [-0.1, -0.05) is 0 Å². The summed E-state index contributed by atoms with van der Waals surface area (Å²) in [6.45, 7) is 1.70. The van der Waals surface area contributed by atoms with E-state index in [4.69, 9.17) is 10.2 Å². The average molecular weight is 223 g/mol. The fourth-order valence-corrected chi connectivity index (χ4v) is 1.76. The number of hydrogen-bond acceptors (Lipinski definition) is 5. The summed E-state index contributed by atoms with van der Waals surface area (Å²) in [4.78, 5) is 20.6. The number of nitrogens with zero attached hydrogens (tertiary/aromatic N) is 3. The first-order chi connectivity index (χ1) is 7.70. The van der Waals surface area contributed by atoms with Crippen molar-refractivity contribution in [3.63, 3.8) is 0 Å². The van der Waals surface area contributed by atoms with E-state index < -0.39 is 5.97 Å². The Morgan fingerprint density at radius 2 is 2.19 bits per heavy atom. The molecule has 1 atom stereocenters. The normalized spacial score (nSPS) is 20.1. The maximum absolute atomic E-state index is 10.6. The van der Waals surface area contributed by atoms with Crippen LogP contribution < -0.4 is 4.90 Å². The number of carbonyl (C=O) groups is 1. The van der Waals surface area contributed by atoms with E-state index in [-0.39, 0.29) is 18.1 Å². The molecule has 1 aromatic rings. The van der Waals surface area contributed by atoms with Crippen molar-refractivity contribution in [1.29, 1.82) is 0 Å². The van der Waals surface area contributed by atoms with E-state index in [0.29, 0.717) is 5.95 Å². The number of hydrogen-bond donors (Lipinski definition) is 2. The maximum atomic E-state index is 10.6. The van der Waals surface area contributed by atoms with Gasteiger partial charge in [-0.2, -0.15) is 0 Å². The monoisotopic (exact) mass is 223 g/mol. The molecule has 0 aliphatic carbocycles. The van der Waals surface area contributed by atoms with Gasteiger partial charge >= 0.3 is 5.97 Å². The number of carboxylic acid groups (broad SMARTS) is 1. The van der Waals surface area contributed by atoms with Gasteiger partial charge in [0.1, 0.15) is 0 Å². The van der Waals surface area contributed by atoms with E-state index in [1.54, 1.807) is 0 Å². The lowest BCUT2D eigenvalue weighted by Crippen LogP contribution is -2.23. The van der Waals surface area contributed by atoms with Crippen LogP contribution in [0.2, 0.25) is 0 Å². The van der Waals surface area contributed by atoms with E-state index in [2.05, 4.69) is 9.97 Å². The lowest BCUT2D eigenvalue weighted by atomic mass is 10.1. The van der Waals surface area contributed by atoms with Gasteiger partial charge in [0.25, 0.3) is 0 Å². The molecule has 86 valence electrons. The van der Waals surface area contributed by atoms with Crippen LogP contribution in [-0.4, -0.2) is 45.8 Å². The molecule has 1 saturated heterocycles. The zero-order valence-corrected chi connectivity index (χ0v) is 8.70. The highest BCUT2D eigenvalue weighted by molar-refractivity contribution is 5.86. The molecular formula is C10H13N3O3. The molecular weight excluding hydrogens is 210 g/mol. The van der Waals surface area contributed by atoms with E-state index in [1.165, 1.54) is 12.4 Å². The summed E-state index contributed by atoms with van der Waals surface area (Å²) in [5.74, 6) is -0.232. The van der Waals surface area contributed by atoms with Gasteiger partial charge in [-0.15, -0.1) is 0 Å². The fourth-order valence-electron chi connectivity index (χ4n) is 1.76. The van der Waals surface area contributed by atoms with Gasteiger partial charge in [0.15, 0.2) is 0 Å². The Balaban J connectivity index is 2.08. The summed E-state index contributed by atoms with van der Waals surface area (Å²) in [5.41, 5.74) is 0.0849. The Morgan fingerprint density at radius 1 is 1.50 bits per heavy atom. The van der Waals surface area contributed by atoms with Crippen molar-refractivity contribution in [2.45, 2.75) is 6.42 Å². The first kappa shape index (κ1) is 10.8. The van der Waals surface area contributed by atoms with Gasteiger partial charge in [0, 0.05) is 38.0 Å². The second-order valence-corrected chi connectivity index (χ2v) is 3.86. The Morgan fingerprint density at radius 3 is 2.69 bits per heavy atom. The Kier molecular flexibility index (Phi) is 3.00. The summed E-state index contributed by atoms with van der Waals surface area (Å²) >= 11 is 0. The van der Waals surface area contributed by atoms with Crippen molar-refractivity contribution >= 4 is 11.9 Å². The van der Waals surface area contributed by atoms with Crippen LogP contribution >= 0.6 is 0 Å². The molecule has 6 nitrogen and oxygen atoms in total. The first-order valence-corrected chi connectivity index (χ1v) is 5.12. The van der Waals surface area contributed by atoms with Gasteiger partial charge in [-0.3, -0.25) is 0 Å². The van der Waals surface area contributed by atoms with Crippen molar-refractivity contribution in [2.75, 3.05) is 24.6 Å². The van der Waals surface area contributed by atoms with Crippen LogP contribution in [0.5, 0.6) is 0 Å². The fraction of sp³-hybridized carbons (Fsp3) is 0.500. The Bertz CT molecular complexity index is 379. The van der Waals surface area contributed by atoms with Crippen LogP contribution in [0.15, 0.2) is 12.4 Å². The number of aromatic nitrogens is 2. The summed E-state index contributed by atoms with van der Waals surface area (Å²) in [5, 5.41) is 17.7. The van der Waals surface area contributed by atoms with Crippen LogP contribution in [0.4, 0.5) is 5.95 Å². The Labute approximate surface area is 92.6 Å². The number of aliphatic hydroxyl groups is 1. The third kappa shape index (κ3) is 2.11. The van der Waals surface area contributed by atoms with Crippen molar-refractivity contribution in [1.82, 2.24) is 9.97 Å². The van der Waals surface area contributed by atoms with Gasteiger partial charge in [0.05, 0.1) is 5.56 Å². The number of rotatable bonds is 3. The molecule has 2 heterocycles. The highest BCUT2D eigenvalue weighted by atomic mass is 16.4. The van der Waals surface area contributed by atoms with Crippen molar-refractivity contribution in [3.8, 4) is 0 Å². The second-order valence-electron chi connectivity index (χ2n) is 3.86. The molecule has 0 aromatic carbocycles. The zero-order valence-electron chi connectivity index (χ0n) is 8.70. The quantitative estimate of drug-likeness (QED) is 0.749. The predicted octanol–water partition coefficient (Wildman–Crippen LogP) is -0.00660. The standard InChI is InChI=1S/C10H13N3O3/c14-6-7-1-2-13(5-7)10-11-3-8(4-12-10)9(15)16/h3-4,7,14H,1-2,5-6H2,(H,15,16)/t7-/m0/s1. The molecule has 1 aliphatic heterocycles. The van der Waals surface area contributed by atoms with Crippen LogP contribution in [-0.2, 0) is 0 Å². The van der Waals surface area contributed by atoms with Crippen molar-refractivity contribution in [2.24, 2.45) is 5.92 Å². The second kappa shape index (κ2) is 4.44. The molecule has 1 aromatic heterocycles. The van der Waals surface area contributed by atoms with Crippen molar-refractivity contribution < 1.29 is 15.0 Å². The molecule has 0 radical (unpaired) electrons. The number of anilines is 1. The lowest BCUT2D eigenvalue weighted by molar-refractivity contribution is 0.0696. The molecule has 1 fully saturated rings. The predicted molar refractivity (Wildman–Crippen MR) is 56.4 cm³/mol. The third-order valence-corrected chi connectivity index (χ3v) is 2.71. The van der Waals surface area contributed by atoms with Gasteiger partial charge < -0.3 is 15.1 Å². The molecule has 1 aliphatic rings. The summed E-state index contributed by atoms with van der Waals surface area (Å²) in [7, 11) is 0. The lowest BCUT2D eigenvalue weighted by Gasteiger charge is -2.15. The molecule has 6 heteroatoms. The molecule has 0 spiro atoms.